The molecule has 1 saturated heterocycles. The maximum Gasteiger partial charge on any atom is 0.213 e. The first-order chi connectivity index (χ1) is 7.05. The van der Waals surface area contributed by atoms with E-state index in [1.807, 2.05) is 7.05 Å². The van der Waals surface area contributed by atoms with Crippen molar-refractivity contribution in [3.8, 4) is 0 Å². The molecular formula is C10H22N2O2S. The first-order valence-electron chi connectivity index (χ1n) is 5.70. The number of rotatable bonds is 4. The highest BCUT2D eigenvalue weighted by Gasteiger charge is 2.32. The molecule has 2 unspecified atom stereocenters. The topological polar surface area (TPSA) is 49.4 Å². The Morgan fingerprint density at radius 1 is 1.40 bits per heavy atom. The van der Waals surface area contributed by atoms with Crippen LogP contribution in [0, 0.1) is 5.92 Å². The molecule has 1 rings (SSSR count). The summed E-state index contributed by atoms with van der Waals surface area (Å²) in [7, 11) is -1.03. The lowest BCUT2D eigenvalue weighted by atomic mass is 9.91. The summed E-state index contributed by atoms with van der Waals surface area (Å²) in [5, 5.41) is 3.27. The molecule has 0 aromatic heterocycles. The van der Waals surface area contributed by atoms with Crippen molar-refractivity contribution >= 4 is 10.0 Å². The number of hydrogen-bond acceptors (Lipinski definition) is 3. The minimum Gasteiger partial charge on any atom is -0.317 e. The van der Waals surface area contributed by atoms with Crippen LogP contribution < -0.4 is 5.32 Å². The highest BCUT2D eigenvalue weighted by atomic mass is 32.2. The van der Waals surface area contributed by atoms with Crippen LogP contribution in [-0.2, 0) is 10.0 Å². The normalized spacial score (nSPS) is 29.3. The van der Waals surface area contributed by atoms with E-state index >= 15 is 0 Å². The SMILES string of the molecule is CCC1CN(S(=O)(=O)CC)CCC1NC. The molecular weight excluding hydrogens is 212 g/mol. The average molecular weight is 234 g/mol. The van der Waals surface area contributed by atoms with Crippen LogP contribution in [0.4, 0.5) is 0 Å². The summed E-state index contributed by atoms with van der Waals surface area (Å²) < 4.78 is 25.1. The molecule has 0 aliphatic carbocycles. The largest absolute Gasteiger partial charge is 0.317 e. The number of hydrogen-bond donors (Lipinski definition) is 1. The van der Waals surface area contributed by atoms with Crippen LogP contribution in [0.15, 0.2) is 0 Å². The van der Waals surface area contributed by atoms with E-state index in [9.17, 15) is 8.42 Å². The Kier molecular flexibility index (Phi) is 4.55. The van der Waals surface area contributed by atoms with E-state index in [0.717, 1.165) is 12.8 Å². The molecule has 5 heteroatoms. The summed E-state index contributed by atoms with van der Waals surface area (Å²) >= 11 is 0. The van der Waals surface area contributed by atoms with Gasteiger partial charge in [-0.2, -0.15) is 0 Å². The zero-order valence-corrected chi connectivity index (χ0v) is 10.7. The van der Waals surface area contributed by atoms with Crippen molar-refractivity contribution in [3.63, 3.8) is 0 Å². The predicted octanol–water partition coefficient (Wildman–Crippen LogP) is 0.656. The zero-order chi connectivity index (χ0) is 11.5. The van der Waals surface area contributed by atoms with Gasteiger partial charge in [0.1, 0.15) is 0 Å². The second-order valence-electron chi connectivity index (χ2n) is 4.11. The monoisotopic (exact) mass is 234 g/mol. The van der Waals surface area contributed by atoms with E-state index in [1.54, 1.807) is 11.2 Å². The van der Waals surface area contributed by atoms with E-state index in [-0.39, 0.29) is 5.75 Å². The molecule has 4 nitrogen and oxygen atoms in total. The summed E-state index contributed by atoms with van der Waals surface area (Å²) in [5.74, 6) is 0.665. The summed E-state index contributed by atoms with van der Waals surface area (Å²) in [6.45, 7) is 5.17. The van der Waals surface area contributed by atoms with Crippen LogP contribution in [0.3, 0.4) is 0 Å². The summed E-state index contributed by atoms with van der Waals surface area (Å²) in [4.78, 5) is 0. The summed E-state index contributed by atoms with van der Waals surface area (Å²) in [6, 6.07) is 0.471. The molecule has 0 aromatic carbocycles. The molecule has 1 heterocycles. The highest BCUT2D eigenvalue weighted by molar-refractivity contribution is 7.89. The summed E-state index contributed by atoms with van der Waals surface area (Å²) in [5.41, 5.74) is 0. The quantitative estimate of drug-likeness (QED) is 0.777. The summed E-state index contributed by atoms with van der Waals surface area (Å²) in [6.07, 6.45) is 1.95. The Hall–Kier alpha value is -0.130. The van der Waals surface area contributed by atoms with E-state index in [4.69, 9.17) is 0 Å². The zero-order valence-electron chi connectivity index (χ0n) is 9.86. The highest BCUT2D eigenvalue weighted by Crippen LogP contribution is 2.22. The van der Waals surface area contributed by atoms with E-state index in [1.165, 1.54) is 0 Å². The Morgan fingerprint density at radius 2 is 2.07 bits per heavy atom. The van der Waals surface area contributed by atoms with Crippen LogP contribution in [0.2, 0.25) is 0 Å². The lowest BCUT2D eigenvalue weighted by Crippen LogP contribution is -2.50. The van der Waals surface area contributed by atoms with Gasteiger partial charge < -0.3 is 5.32 Å². The molecule has 1 aliphatic rings. The lowest BCUT2D eigenvalue weighted by Gasteiger charge is -2.37. The van der Waals surface area contributed by atoms with Gasteiger partial charge in [0.15, 0.2) is 0 Å². The van der Waals surface area contributed by atoms with Crippen LogP contribution in [0.5, 0.6) is 0 Å². The van der Waals surface area contributed by atoms with Gasteiger partial charge in [0.2, 0.25) is 10.0 Å². The first-order valence-corrected chi connectivity index (χ1v) is 7.31. The van der Waals surface area contributed by atoms with Gasteiger partial charge in [0, 0.05) is 19.1 Å². The van der Waals surface area contributed by atoms with Gasteiger partial charge in [-0.3, -0.25) is 0 Å². The Morgan fingerprint density at radius 3 is 2.53 bits per heavy atom. The molecule has 90 valence electrons. The molecule has 0 bridgehead atoms. The van der Waals surface area contributed by atoms with Crippen molar-refractivity contribution in [3.05, 3.63) is 0 Å². The first kappa shape index (κ1) is 12.9. The number of nitrogens with one attached hydrogen (secondary N) is 1. The lowest BCUT2D eigenvalue weighted by molar-refractivity contribution is 0.209. The third-order valence-corrected chi connectivity index (χ3v) is 5.20. The van der Waals surface area contributed by atoms with Crippen molar-refractivity contribution in [1.29, 1.82) is 0 Å². The van der Waals surface area contributed by atoms with Crippen LogP contribution in [-0.4, -0.2) is 44.7 Å². The Bertz CT molecular complexity index is 290. The van der Waals surface area contributed by atoms with Crippen LogP contribution in [0.25, 0.3) is 0 Å². The van der Waals surface area contributed by atoms with Crippen molar-refractivity contribution in [2.75, 3.05) is 25.9 Å². The number of nitrogens with zero attached hydrogens (tertiary/aromatic N) is 1. The third kappa shape index (κ3) is 2.92. The fraction of sp³-hybridized carbons (Fsp3) is 1.00. The maximum atomic E-state index is 11.7. The van der Waals surface area contributed by atoms with Crippen LogP contribution in [0.1, 0.15) is 26.7 Å². The van der Waals surface area contributed by atoms with E-state index < -0.39 is 10.0 Å². The Balaban J connectivity index is 2.69. The third-order valence-electron chi connectivity index (χ3n) is 3.35. The fourth-order valence-corrected chi connectivity index (χ4v) is 3.40. The van der Waals surface area contributed by atoms with Crippen molar-refractivity contribution in [1.82, 2.24) is 9.62 Å². The average Bonchev–Trinajstić information content (AvgIpc) is 2.28. The standard InChI is InChI=1S/C10H22N2O2S/c1-4-9-8-12(15(13,14)5-2)7-6-10(9)11-3/h9-11H,4-8H2,1-3H3. The van der Waals surface area contributed by atoms with Crippen LogP contribution >= 0.6 is 0 Å². The second kappa shape index (κ2) is 5.27. The van der Waals surface area contributed by atoms with Gasteiger partial charge >= 0.3 is 0 Å². The van der Waals surface area contributed by atoms with Gasteiger partial charge in [0.05, 0.1) is 5.75 Å². The van der Waals surface area contributed by atoms with Gasteiger partial charge in [-0.25, -0.2) is 12.7 Å². The van der Waals surface area contributed by atoms with E-state index in [2.05, 4.69) is 12.2 Å². The van der Waals surface area contributed by atoms with Crippen molar-refractivity contribution in [2.45, 2.75) is 32.7 Å². The Labute approximate surface area is 93.1 Å². The van der Waals surface area contributed by atoms with Gasteiger partial charge in [0.25, 0.3) is 0 Å². The van der Waals surface area contributed by atoms with Crippen molar-refractivity contribution < 1.29 is 8.42 Å². The molecule has 0 spiro atoms. The molecule has 0 aromatic rings. The van der Waals surface area contributed by atoms with E-state index in [0.29, 0.717) is 25.0 Å². The molecule has 15 heavy (non-hydrogen) atoms. The fourth-order valence-electron chi connectivity index (χ4n) is 2.23. The number of sulfonamides is 1. The molecule has 0 amide bonds. The van der Waals surface area contributed by atoms with Gasteiger partial charge in [-0.05, 0) is 26.3 Å². The van der Waals surface area contributed by atoms with Gasteiger partial charge in [-0.15, -0.1) is 0 Å². The minimum atomic E-state index is -2.99. The number of piperidine rings is 1. The predicted molar refractivity (Wildman–Crippen MR) is 62.3 cm³/mol. The minimum absolute atomic E-state index is 0.216. The smallest absolute Gasteiger partial charge is 0.213 e. The molecule has 0 saturated carbocycles. The van der Waals surface area contributed by atoms with Gasteiger partial charge in [-0.1, -0.05) is 13.3 Å². The molecule has 0 radical (unpaired) electrons. The molecule has 1 aliphatic heterocycles. The molecule has 1 N–H and O–H groups in total. The molecule has 1 fully saturated rings. The molecule has 2 atom stereocenters. The second-order valence-corrected chi connectivity index (χ2v) is 6.37. The van der Waals surface area contributed by atoms with Crippen molar-refractivity contribution in [2.24, 2.45) is 5.92 Å². The maximum absolute atomic E-state index is 11.7.